The van der Waals surface area contributed by atoms with Crippen molar-refractivity contribution in [2.75, 3.05) is 13.1 Å². The van der Waals surface area contributed by atoms with Gasteiger partial charge in [-0.3, -0.25) is 14.6 Å². The zero-order chi connectivity index (χ0) is 18.4. The molecule has 26 heavy (non-hydrogen) atoms. The van der Waals surface area contributed by atoms with Crippen molar-refractivity contribution in [1.29, 1.82) is 0 Å². The fourth-order valence-corrected chi connectivity index (χ4v) is 3.35. The molecular formula is C20H22ClN3O2. The Morgan fingerprint density at radius 2 is 2.00 bits per heavy atom. The second kappa shape index (κ2) is 8.81. The number of piperidine rings is 1. The van der Waals surface area contributed by atoms with Crippen molar-refractivity contribution >= 4 is 23.4 Å². The molecule has 0 unspecified atom stereocenters. The number of carbonyl (C=O) groups is 2. The van der Waals surface area contributed by atoms with Gasteiger partial charge < -0.3 is 10.2 Å². The van der Waals surface area contributed by atoms with Gasteiger partial charge in [0.05, 0.1) is 5.56 Å². The lowest BCUT2D eigenvalue weighted by atomic mass is 10.0. The van der Waals surface area contributed by atoms with E-state index < -0.39 is 0 Å². The summed E-state index contributed by atoms with van der Waals surface area (Å²) >= 11 is 5.98. The molecule has 1 N–H and O–H groups in total. The van der Waals surface area contributed by atoms with E-state index >= 15 is 0 Å². The first-order valence-corrected chi connectivity index (χ1v) is 9.23. The van der Waals surface area contributed by atoms with Gasteiger partial charge in [-0.25, -0.2) is 0 Å². The van der Waals surface area contributed by atoms with E-state index in [9.17, 15) is 9.59 Å². The molecule has 1 saturated heterocycles. The van der Waals surface area contributed by atoms with Crippen LogP contribution in [0.1, 0.15) is 35.2 Å². The number of benzene rings is 1. The summed E-state index contributed by atoms with van der Waals surface area (Å²) in [6.07, 6.45) is 5.92. The van der Waals surface area contributed by atoms with Gasteiger partial charge >= 0.3 is 0 Å². The Kier molecular flexibility index (Phi) is 6.23. The minimum Gasteiger partial charge on any atom is -0.349 e. The van der Waals surface area contributed by atoms with Gasteiger partial charge in [-0.2, -0.15) is 0 Å². The zero-order valence-electron chi connectivity index (χ0n) is 14.5. The quantitative estimate of drug-likeness (QED) is 0.878. The first-order chi connectivity index (χ1) is 12.6. The normalized spacial score (nSPS) is 14.9. The molecule has 1 fully saturated rings. The van der Waals surface area contributed by atoms with E-state index in [0.717, 1.165) is 18.4 Å². The third-order valence-corrected chi connectivity index (χ3v) is 4.86. The maximum absolute atomic E-state index is 12.4. The van der Waals surface area contributed by atoms with Crippen LogP contribution in [0, 0.1) is 0 Å². The van der Waals surface area contributed by atoms with E-state index in [-0.39, 0.29) is 17.9 Å². The van der Waals surface area contributed by atoms with Crippen LogP contribution in [-0.4, -0.2) is 40.8 Å². The molecule has 2 heterocycles. The van der Waals surface area contributed by atoms with Crippen molar-refractivity contribution < 1.29 is 9.59 Å². The van der Waals surface area contributed by atoms with Gasteiger partial charge in [-0.05, 0) is 49.1 Å². The first kappa shape index (κ1) is 18.4. The Morgan fingerprint density at radius 1 is 1.19 bits per heavy atom. The Hall–Kier alpha value is -2.40. The Balaban J connectivity index is 1.43. The number of aromatic nitrogens is 1. The summed E-state index contributed by atoms with van der Waals surface area (Å²) in [5, 5.41) is 3.72. The third kappa shape index (κ3) is 5.05. The largest absolute Gasteiger partial charge is 0.349 e. The maximum atomic E-state index is 12.4. The molecular weight excluding hydrogens is 350 g/mol. The van der Waals surface area contributed by atoms with Crippen LogP contribution in [0.15, 0.2) is 48.8 Å². The molecule has 1 aliphatic heterocycles. The molecule has 6 heteroatoms. The van der Waals surface area contributed by atoms with Crippen LogP contribution in [0.3, 0.4) is 0 Å². The summed E-state index contributed by atoms with van der Waals surface area (Å²) in [5.74, 6) is 0.0471. The number of pyridine rings is 1. The van der Waals surface area contributed by atoms with E-state index in [1.807, 2.05) is 29.2 Å². The highest BCUT2D eigenvalue weighted by atomic mass is 35.5. The molecule has 0 radical (unpaired) electrons. The topological polar surface area (TPSA) is 62.3 Å². The number of nitrogens with one attached hydrogen (secondary N) is 1. The van der Waals surface area contributed by atoms with Gasteiger partial charge in [-0.15, -0.1) is 0 Å². The summed E-state index contributed by atoms with van der Waals surface area (Å²) < 4.78 is 0. The van der Waals surface area contributed by atoms with E-state index in [2.05, 4.69) is 10.3 Å². The summed E-state index contributed by atoms with van der Waals surface area (Å²) in [6, 6.07) is 11.2. The van der Waals surface area contributed by atoms with Crippen molar-refractivity contribution in [3.05, 3.63) is 64.9 Å². The van der Waals surface area contributed by atoms with Gasteiger partial charge in [0.1, 0.15) is 0 Å². The highest BCUT2D eigenvalue weighted by Gasteiger charge is 2.24. The van der Waals surface area contributed by atoms with Crippen LogP contribution in [0.25, 0.3) is 0 Å². The molecule has 2 amide bonds. The van der Waals surface area contributed by atoms with Crippen molar-refractivity contribution in [2.45, 2.75) is 31.7 Å². The molecule has 0 bridgehead atoms. The van der Waals surface area contributed by atoms with Gasteiger partial charge in [0.2, 0.25) is 5.91 Å². The van der Waals surface area contributed by atoms with Crippen LogP contribution < -0.4 is 5.32 Å². The molecule has 0 saturated carbocycles. The average molecular weight is 372 g/mol. The number of hydrogen-bond donors (Lipinski definition) is 1. The number of aryl methyl sites for hydroxylation is 1. The number of amides is 2. The van der Waals surface area contributed by atoms with Crippen molar-refractivity contribution in [2.24, 2.45) is 0 Å². The molecule has 3 rings (SSSR count). The number of likely N-dealkylation sites (tertiary alicyclic amines) is 1. The third-order valence-electron chi connectivity index (χ3n) is 4.62. The van der Waals surface area contributed by atoms with Crippen LogP contribution >= 0.6 is 11.6 Å². The van der Waals surface area contributed by atoms with Crippen LogP contribution in [0.5, 0.6) is 0 Å². The van der Waals surface area contributed by atoms with Crippen LogP contribution in [0.4, 0.5) is 0 Å². The fraction of sp³-hybridized carbons (Fsp3) is 0.350. The molecule has 1 aliphatic rings. The summed E-state index contributed by atoms with van der Waals surface area (Å²) in [5.41, 5.74) is 1.64. The van der Waals surface area contributed by atoms with E-state index in [1.54, 1.807) is 24.5 Å². The average Bonchev–Trinajstić information content (AvgIpc) is 2.67. The lowest BCUT2D eigenvalue weighted by Gasteiger charge is -2.32. The molecule has 1 aromatic heterocycles. The zero-order valence-corrected chi connectivity index (χ0v) is 15.3. The molecule has 2 aromatic rings. The van der Waals surface area contributed by atoms with Gasteiger partial charge in [0.15, 0.2) is 0 Å². The number of rotatable bonds is 5. The lowest BCUT2D eigenvalue weighted by Crippen LogP contribution is -2.46. The highest BCUT2D eigenvalue weighted by molar-refractivity contribution is 6.30. The van der Waals surface area contributed by atoms with Crippen molar-refractivity contribution in [1.82, 2.24) is 15.2 Å². The number of hydrogen-bond acceptors (Lipinski definition) is 3. The standard InChI is InChI=1S/C20H22ClN3O2/c21-17-5-1-3-15(13-17)6-7-19(25)24-11-8-18(9-12-24)23-20(26)16-4-2-10-22-14-16/h1-5,10,13-14,18H,6-9,11-12H2,(H,23,26). The smallest absolute Gasteiger partial charge is 0.253 e. The molecule has 136 valence electrons. The highest BCUT2D eigenvalue weighted by Crippen LogP contribution is 2.15. The summed E-state index contributed by atoms with van der Waals surface area (Å²) in [4.78, 5) is 30.4. The SMILES string of the molecule is O=C(NC1CCN(C(=O)CCc2cccc(Cl)c2)CC1)c1cccnc1. The van der Waals surface area contributed by atoms with E-state index in [0.29, 0.717) is 36.5 Å². The second-order valence-corrected chi connectivity index (χ2v) is 6.94. The van der Waals surface area contributed by atoms with Crippen LogP contribution in [0.2, 0.25) is 5.02 Å². The number of halogens is 1. The predicted molar refractivity (Wildman–Crippen MR) is 101 cm³/mol. The molecule has 0 aliphatic carbocycles. The predicted octanol–water partition coefficient (Wildman–Crippen LogP) is 3.09. The maximum Gasteiger partial charge on any atom is 0.253 e. The lowest BCUT2D eigenvalue weighted by molar-refractivity contribution is -0.132. The second-order valence-electron chi connectivity index (χ2n) is 6.50. The van der Waals surface area contributed by atoms with Crippen molar-refractivity contribution in [3.8, 4) is 0 Å². The van der Waals surface area contributed by atoms with Crippen molar-refractivity contribution in [3.63, 3.8) is 0 Å². The molecule has 5 nitrogen and oxygen atoms in total. The fourth-order valence-electron chi connectivity index (χ4n) is 3.14. The summed E-state index contributed by atoms with van der Waals surface area (Å²) in [6.45, 7) is 1.35. The molecule has 0 spiro atoms. The number of nitrogens with zero attached hydrogens (tertiary/aromatic N) is 2. The van der Waals surface area contributed by atoms with Gasteiger partial charge in [0.25, 0.3) is 5.91 Å². The Labute approximate surface area is 158 Å². The Morgan fingerprint density at radius 3 is 2.69 bits per heavy atom. The minimum absolute atomic E-state index is 0.0969. The minimum atomic E-state index is -0.108. The molecule has 0 atom stereocenters. The van der Waals surface area contributed by atoms with E-state index in [1.165, 1.54) is 0 Å². The first-order valence-electron chi connectivity index (χ1n) is 8.85. The van der Waals surface area contributed by atoms with Crippen LogP contribution in [-0.2, 0) is 11.2 Å². The van der Waals surface area contributed by atoms with E-state index in [4.69, 9.17) is 11.6 Å². The summed E-state index contributed by atoms with van der Waals surface area (Å²) in [7, 11) is 0. The van der Waals surface area contributed by atoms with Gasteiger partial charge in [0, 0.05) is 43.0 Å². The molecule has 1 aromatic carbocycles. The van der Waals surface area contributed by atoms with Gasteiger partial charge in [-0.1, -0.05) is 23.7 Å². The number of carbonyl (C=O) groups excluding carboxylic acids is 2. The Bertz CT molecular complexity index is 759. The monoisotopic (exact) mass is 371 g/mol.